The van der Waals surface area contributed by atoms with Gasteiger partial charge < -0.3 is 4.90 Å². The van der Waals surface area contributed by atoms with E-state index in [1.807, 2.05) is 36.7 Å². The van der Waals surface area contributed by atoms with E-state index < -0.39 is 0 Å². The number of fused-ring (bicyclic) bond motifs is 3. The second kappa shape index (κ2) is 7.81. The van der Waals surface area contributed by atoms with Crippen LogP contribution in [0.2, 0.25) is 0 Å². The molecule has 0 saturated carbocycles. The standard InChI is InChI=1S/C25H24FN3O2S/c1-15(2)27-14-29(28-11-10-21(30)16(3)23(28)25(27)31)24-19-7-5-4-6-17(19)13-32-22-12-18(26)8-9-20(22)24/h4-12,15,24H,13-14H2,1-3H3. The molecule has 0 N–H and O–H groups in total. The number of thioether (sulfide) groups is 1. The van der Waals surface area contributed by atoms with Crippen LogP contribution in [0.15, 0.2) is 64.4 Å². The fourth-order valence-corrected chi connectivity index (χ4v) is 5.68. The van der Waals surface area contributed by atoms with Crippen LogP contribution in [0.4, 0.5) is 4.39 Å². The summed E-state index contributed by atoms with van der Waals surface area (Å²) >= 11 is 1.62. The lowest BCUT2D eigenvalue weighted by atomic mass is 9.94. The van der Waals surface area contributed by atoms with Crippen molar-refractivity contribution in [3.05, 3.63) is 98.7 Å². The molecule has 2 aliphatic heterocycles. The first kappa shape index (κ1) is 20.8. The Morgan fingerprint density at radius 2 is 1.84 bits per heavy atom. The summed E-state index contributed by atoms with van der Waals surface area (Å²) in [5.74, 6) is 0.320. The number of benzene rings is 2. The summed E-state index contributed by atoms with van der Waals surface area (Å²) in [7, 11) is 0. The third-order valence-electron chi connectivity index (χ3n) is 6.28. The van der Waals surface area contributed by atoms with Gasteiger partial charge in [-0.3, -0.25) is 19.3 Å². The number of halogens is 1. The van der Waals surface area contributed by atoms with Gasteiger partial charge in [0, 0.05) is 34.5 Å². The maximum absolute atomic E-state index is 14.2. The molecule has 1 aromatic heterocycles. The first-order valence-corrected chi connectivity index (χ1v) is 11.7. The minimum absolute atomic E-state index is 0.0449. The first-order valence-electron chi connectivity index (χ1n) is 10.7. The maximum Gasteiger partial charge on any atom is 0.274 e. The Bertz CT molecular complexity index is 1290. The summed E-state index contributed by atoms with van der Waals surface area (Å²) in [5, 5.41) is 2.12. The quantitative estimate of drug-likeness (QED) is 0.580. The third-order valence-corrected chi connectivity index (χ3v) is 7.40. The minimum atomic E-state index is -0.265. The van der Waals surface area contributed by atoms with Crippen LogP contribution in [0.3, 0.4) is 0 Å². The van der Waals surface area contributed by atoms with Gasteiger partial charge in [0.05, 0.1) is 6.04 Å². The topological polar surface area (TPSA) is 45.6 Å². The van der Waals surface area contributed by atoms with Gasteiger partial charge >= 0.3 is 0 Å². The lowest BCUT2D eigenvalue weighted by molar-refractivity contribution is 0.0625. The van der Waals surface area contributed by atoms with Gasteiger partial charge in [-0.05, 0) is 49.6 Å². The monoisotopic (exact) mass is 449 g/mol. The predicted molar refractivity (Wildman–Crippen MR) is 124 cm³/mol. The average molecular weight is 450 g/mol. The number of hydrogen-bond donors (Lipinski definition) is 0. The molecule has 1 unspecified atom stereocenters. The van der Waals surface area contributed by atoms with Crippen molar-refractivity contribution in [1.82, 2.24) is 9.58 Å². The van der Waals surface area contributed by atoms with E-state index in [2.05, 4.69) is 17.1 Å². The van der Waals surface area contributed by atoms with Gasteiger partial charge in [-0.25, -0.2) is 4.39 Å². The van der Waals surface area contributed by atoms with Crippen LogP contribution < -0.4 is 10.4 Å². The molecular weight excluding hydrogens is 425 g/mol. The van der Waals surface area contributed by atoms with E-state index in [1.165, 1.54) is 17.7 Å². The van der Waals surface area contributed by atoms with Crippen LogP contribution in [0.25, 0.3) is 0 Å². The Balaban J connectivity index is 1.79. The van der Waals surface area contributed by atoms with Crippen molar-refractivity contribution >= 4 is 17.7 Å². The molecular formula is C25H24FN3O2S. The molecule has 5 rings (SSSR count). The van der Waals surface area contributed by atoms with Crippen LogP contribution in [0.1, 0.15) is 52.6 Å². The van der Waals surface area contributed by atoms with Crippen LogP contribution in [0, 0.1) is 12.7 Å². The van der Waals surface area contributed by atoms with E-state index in [9.17, 15) is 14.0 Å². The summed E-state index contributed by atoms with van der Waals surface area (Å²) < 4.78 is 16.0. The second-order valence-corrected chi connectivity index (χ2v) is 9.54. The van der Waals surface area contributed by atoms with Gasteiger partial charge in [-0.1, -0.05) is 30.3 Å². The van der Waals surface area contributed by atoms with Crippen molar-refractivity contribution in [2.24, 2.45) is 0 Å². The highest BCUT2D eigenvalue weighted by Crippen LogP contribution is 2.43. The van der Waals surface area contributed by atoms with Crippen LogP contribution >= 0.6 is 11.8 Å². The molecule has 2 aromatic carbocycles. The van der Waals surface area contributed by atoms with E-state index in [0.29, 0.717) is 17.9 Å². The zero-order valence-electron chi connectivity index (χ0n) is 18.2. The number of carbonyl (C=O) groups excluding carboxylic acids is 1. The Labute approximate surface area is 190 Å². The highest BCUT2D eigenvalue weighted by atomic mass is 32.2. The fourth-order valence-electron chi connectivity index (χ4n) is 4.56. The van der Waals surface area contributed by atoms with Crippen molar-refractivity contribution < 1.29 is 9.18 Å². The first-order chi connectivity index (χ1) is 15.4. The Morgan fingerprint density at radius 1 is 1.06 bits per heavy atom. The average Bonchev–Trinajstić information content (AvgIpc) is 2.93. The second-order valence-electron chi connectivity index (χ2n) is 8.52. The van der Waals surface area contributed by atoms with Gasteiger partial charge in [-0.15, -0.1) is 11.8 Å². The smallest absolute Gasteiger partial charge is 0.274 e. The summed E-state index contributed by atoms with van der Waals surface area (Å²) in [5.41, 5.74) is 3.94. The number of nitrogens with zero attached hydrogens (tertiary/aromatic N) is 3. The fraction of sp³-hybridized carbons (Fsp3) is 0.280. The lowest BCUT2D eigenvalue weighted by Crippen LogP contribution is -2.57. The Hall–Kier alpha value is -3.06. The number of rotatable bonds is 2. The molecule has 3 heterocycles. The SMILES string of the molecule is Cc1c2n(ccc1=O)N(C1c3ccccc3CSc3cc(F)ccc31)CN(C(C)C)C2=O. The molecule has 0 bridgehead atoms. The molecule has 0 saturated heterocycles. The number of hydrogen-bond acceptors (Lipinski definition) is 4. The van der Waals surface area contributed by atoms with Crippen molar-refractivity contribution in [2.75, 3.05) is 11.7 Å². The molecule has 0 radical (unpaired) electrons. The van der Waals surface area contributed by atoms with Crippen LogP contribution in [-0.4, -0.2) is 28.2 Å². The molecule has 5 nitrogen and oxygen atoms in total. The van der Waals surface area contributed by atoms with Crippen molar-refractivity contribution in [2.45, 2.75) is 43.5 Å². The minimum Gasteiger partial charge on any atom is -0.316 e. The number of aromatic nitrogens is 1. The molecule has 1 atom stereocenters. The van der Waals surface area contributed by atoms with Crippen molar-refractivity contribution in [3.8, 4) is 0 Å². The van der Waals surface area contributed by atoms with E-state index in [4.69, 9.17) is 0 Å². The summed E-state index contributed by atoms with van der Waals surface area (Å²) in [6.45, 7) is 6.01. The van der Waals surface area contributed by atoms with Gasteiger partial charge in [0.15, 0.2) is 5.43 Å². The van der Waals surface area contributed by atoms with Crippen molar-refractivity contribution in [3.63, 3.8) is 0 Å². The molecule has 3 aromatic rings. The molecule has 164 valence electrons. The van der Waals surface area contributed by atoms with Crippen LogP contribution in [-0.2, 0) is 5.75 Å². The van der Waals surface area contributed by atoms with E-state index in [0.717, 1.165) is 21.8 Å². The largest absolute Gasteiger partial charge is 0.316 e. The Morgan fingerprint density at radius 3 is 2.62 bits per heavy atom. The highest BCUT2D eigenvalue weighted by molar-refractivity contribution is 7.98. The number of pyridine rings is 1. The number of carbonyl (C=O) groups is 1. The maximum atomic E-state index is 14.2. The van der Waals surface area contributed by atoms with Gasteiger partial charge in [-0.2, -0.15) is 0 Å². The van der Waals surface area contributed by atoms with Crippen molar-refractivity contribution in [1.29, 1.82) is 0 Å². The lowest BCUT2D eigenvalue weighted by Gasteiger charge is -2.45. The summed E-state index contributed by atoms with van der Waals surface area (Å²) in [6.07, 6.45) is 1.68. The molecule has 32 heavy (non-hydrogen) atoms. The van der Waals surface area contributed by atoms with Gasteiger partial charge in [0.2, 0.25) is 0 Å². The molecule has 0 aliphatic carbocycles. The molecule has 7 heteroatoms. The van der Waals surface area contributed by atoms with E-state index in [1.54, 1.807) is 35.8 Å². The zero-order valence-corrected chi connectivity index (χ0v) is 19.0. The zero-order chi connectivity index (χ0) is 22.6. The molecule has 2 aliphatic rings. The Kier molecular flexibility index (Phi) is 5.08. The summed E-state index contributed by atoms with van der Waals surface area (Å²) in [6, 6.07) is 14.4. The van der Waals surface area contributed by atoms with E-state index in [-0.39, 0.29) is 29.2 Å². The molecule has 1 amide bonds. The number of amides is 1. The van der Waals surface area contributed by atoms with Gasteiger partial charge in [0.25, 0.3) is 5.91 Å². The van der Waals surface area contributed by atoms with E-state index >= 15 is 0 Å². The molecule has 0 fully saturated rings. The van der Waals surface area contributed by atoms with Crippen LogP contribution in [0.5, 0.6) is 0 Å². The van der Waals surface area contributed by atoms with Gasteiger partial charge in [0.1, 0.15) is 18.2 Å². The normalized spacial score (nSPS) is 17.7. The predicted octanol–water partition coefficient (Wildman–Crippen LogP) is 4.45. The summed E-state index contributed by atoms with van der Waals surface area (Å²) in [4.78, 5) is 28.5. The third kappa shape index (κ3) is 3.23. The molecule has 0 spiro atoms. The highest BCUT2D eigenvalue weighted by Gasteiger charge is 2.38.